The fourth-order valence-corrected chi connectivity index (χ4v) is 3.78. The summed E-state index contributed by atoms with van der Waals surface area (Å²) in [5.74, 6) is 0.755. The average molecular weight is 268 g/mol. The number of furan rings is 1. The summed E-state index contributed by atoms with van der Waals surface area (Å²) in [6.07, 6.45) is 6.67. The smallest absolute Gasteiger partial charge is 0.373 e. The highest BCUT2D eigenvalue weighted by Crippen LogP contribution is 2.38. The predicted octanol–water partition coefficient (Wildman–Crippen LogP) is 4.19. The van der Waals surface area contributed by atoms with Crippen LogP contribution in [0.4, 0.5) is 0 Å². The molecule has 0 N–H and O–H groups in total. The van der Waals surface area contributed by atoms with Crippen molar-refractivity contribution in [3.05, 3.63) is 23.7 Å². The van der Waals surface area contributed by atoms with Crippen LogP contribution in [-0.4, -0.2) is 18.3 Å². The number of ether oxygens (including phenoxy) is 1. The maximum atomic E-state index is 11.3. The second-order valence-corrected chi connectivity index (χ2v) is 6.38. The van der Waals surface area contributed by atoms with Crippen LogP contribution in [0.1, 0.15) is 60.6 Å². The number of rotatable bonds is 4. The molecule has 1 aromatic rings. The van der Waals surface area contributed by atoms with Gasteiger partial charge >= 0.3 is 5.97 Å². The van der Waals surface area contributed by atoms with E-state index in [1.165, 1.54) is 39.2 Å². The zero-order valence-electron chi connectivity index (χ0n) is 11.0. The van der Waals surface area contributed by atoms with E-state index in [9.17, 15) is 4.79 Å². The molecule has 1 heterocycles. The van der Waals surface area contributed by atoms with Gasteiger partial charge in [0.2, 0.25) is 5.76 Å². The Balaban J connectivity index is 1.93. The quantitative estimate of drug-likeness (QED) is 0.767. The Morgan fingerprint density at radius 3 is 2.78 bits per heavy atom. The van der Waals surface area contributed by atoms with E-state index in [0.29, 0.717) is 11.0 Å². The Hall–Kier alpha value is -0.900. The van der Waals surface area contributed by atoms with Crippen LogP contribution >= 0.6 is 11.8 Å². The van der Waals surface area contributed by atoms with Crippen molar-refractivity contribution >= 4 is 17.7 Å². The van der Waals surface area contributed by atoms with Crippen molar-refractivity contribution in [1.82, 2.24) is 0 Å². The predicted molar refractivity (Wildman–Crippen MR) is 72.9 cm³/mol. The summed E-state index contributed by atoms with van der Waals surface area (Å²) in [6.45, 7) is 2.14. The molecule has 1 atom stereocenters. The van der Waals surface area contributed by atoms with E-state index < -0.39 is 5.97 Å². The second-order valence-electron chi connectivity index (χ2n) is 4.73. The lowest BCUT2D eigenvalue weighted by molar-refractivity contribution is 0.0563. The van der Waals surface area contributed by atoms with Crippen molar-refractivity contribution in [2.45, 2.75) is 49.5 Å². The molecule has 0 spiro atoms. The zero-order valence-corrected chi connectivity index (χ0v) is 11.8. The van der Waals surface area contributed by atoms with E-state index in [2.05, 4.69) is 11.7 Å². The number of hydrogen-bond donors (Lipinski definition) is 0. The van der Waals surface area contributed by atoms with Crippen molar-refractivity contribution in [1.29, 1.82) is 0 Å². The summed E-state index contributed by atoms with van der Waals surface area (Å²) in [7, 11) is 1.37. The highest BCUT2D eigenvalue weighted by molar-refractivity contribution is 8.00. The Morgan fingerprint density at radius 1 is 1.39 bits per heavy atom. The van der Waals surface area contributed by atoms with Crippen molar-refractivity contribution in [3.63, 3.8) is 0 Å². The molecular formula is C14H20O3S. The van der Waals surface area contributed by atoms with Crippen LogP contribution in [0.3, 0.4) is 0 Å². The molecule has 1 aliphatic carbocycles. The average Bonchev–Trinajstić information content (AvgIpc) is 2.88. The summed E-state index contributed by atoms with van der Waals surface area (Å²) in [5.41, 5.74) is 0. The van der Waals surface area contributed by atoms with E-state index in [-0.39, 0.29) is 0 Å². The first-order valence-corrected chi connectivity index (χ1v) is 7.48. The standard InChI is InChI=1S/C14H20O3S/c1-10(18-11-6-4-3-5-7-11)12-8-9-13(17-12)14(15)16-2/h8-11H,3-7H2,1-2H3. The Kier molecular flexibility index (Phi) is 4.75. The van der Waals surface area contributed by atoms with E-state index in [0.717, 1.165) is 11.0 Å². The minimum Gasteiger partial charge on any atom is -0.463 e. The molecule has 18 heavy (non-hydrogen) atoms. The lowest BCUT2D eigenvalue weighted by Crippen LogP contribution is -2.09. The summed E-state index contributed by atoms with van der Waals surface area (Å²) >= 11 is 1.96. The van der Waals surface area contributed by atoms with Gasteiger partial charge in [-0.25, -0.2) is 4.79 Å². The molecule has 1 fully saturated rings. The van der Waals surface area contributed by atoms with Gasteiger partial charge in [0.25, 0.3) is 0 Å². The number of thioether (sulfide) groups is 1. The Labute approximate surface area is 112 Å². The molecule has 0 aliphatic heterocycles. The van der Waals surface area contributed by atoms with E-state index in [1.807, 2.05) is 17.8 Å². The highest BCUT2D eigenvalue weighted by Gasteiger charge is 2.21. The number of hydrogen-bond acceptors (Lipinski definition) is 4. The van der Waals surface area contributed by atoms with Crippen LogP contribution in [0.2, 0.25) is 0 Å². The molecule has 0 amide bonds. The third-order valence-corrected chi connectivity index (χ3v) is 4.86. The summed E-state index contributed by atoms with van der Waals surface area (Å²) in [6, 6.07) is 3.58. The monoisotopic (exact) mass is 268 g/mol. The molecule has 0 aromatic carbocycles. The Bertz CT molecular complexity index is 393. The van der Waals surface area contributed by atoms with E-state index >= 15 is 0 Å². The van der Waals surface area contributed by atoms with Gasteiger partial charge < -0.3 is 9.15 Å². The minimum atomic E-state index is -0.406. The molecule has 2 rings (SSSR count). The van der Waals surface area contributed by atoms with Gasteiger partial charge in [-0.1, -0.05) is 19.3 Å². The number of carbonyl (C=O) groups excluding carboxylic acids is 1. The molecule has 1 unspecified atom stereocenters. The number of carbonyl (C=O) groups is 1. The van der Waals surface area contributed by atoms with Gasteiger partial charge in [0, 0.05) is 5.25 Å². The molecule has 1 aromatic heterocycles. The van der Waals surface area contributed by atoms with Gasteiger partial charge in [0.15, 0.2) is 0 Å². The van der Waals surface area contributed by atoms with Gasteiger partial charge in [-0.15, -0.1) is 11.8 Å². The first-order chi connectivity index (χ1) is 8.70. The molecule has 0 saturated heterocycles. The Morgan fingerprint density at radius 2 is 2.11 bits per heavy atom. The van der Waals surface area contributed by atoms with Gasteiger partial charge in [0.05, 0.1) is 12.4 Å². The van der Waals surface area contributed by atoms with Crippen molar-refractivity contribution in [3.8, 4) is 0 Å². The van der Waals surface area contributed by atoms with Crippen LogP contribution in [0.15, 0.2) is 16.5 Å². The molecule has 3 nitrogen and oxygen atoms in total. The molecule has 100 valence electrons. The lowest BCUT2D eigenvalue weighted by Gasteiger charge is -2.23. The molecular weight excluding hydrogens is 248 g/mol. The van der Waals surface area contributed by atoms with Crippen LogP contribution in [0.5, 0.6) is 0 Å². The third kappa shape index (κ3) is 3.31. The summed E-state index contributed by atoms with van der Waals surface area (Å²) in [5, 5.41) is 1.03. The topological polar surface area (TPSA) is 39.4 Å². The second kappa shape index (κ2) is 6.32. The SMILES string of the molecule is COC(=O)c1ccc(C(C)SC2CCCCC2)o1. The van der Waals surface area contributed by atoms with Crippen molar-refractivity contribution in [2.75, 3.05) is 7.11 Å². The number of esters is 1. The molecule has 4 heteroatoms. The van der Waals surface area contributed by atoms with E-state index in [1.54, 1.807) is 6.07 Å². The fourth-order valence-electron chi connectivity index (χ4n) is 2.34. The van der Waals surface area contributed by atoms with Crippen molar-refractivity contribution in [2.24, 2.45) is 0 Å². The lowest BCUT2D eigenvalue weighted by atomic mass is 10.0. The van der Waals surface area contributed by atoms with Crippen LogP contribution in [0, 0.1) is 0 Å². The van der Waals surface area contributed by atoms with Crippen LogP contribution < -0.4 is 0 Å². The number of methoxy groups -OCH3 is 1. The van der Waals surface area contributed by atoms with Gasteiger partial charge in [0.1, 0.15) is 5.76 Å². The normalized spacial score (nSPS) is 18.6. The van der Waals surface area contributed by atoms with Crippen LogP contribution in [0.25, 0.3) is 0 Å². The van der Waals surface area contributed by atoms with Gasteiger partial charge in [-0.2, -0.15) is 0 Å². The third-order valence-electron chi connectivity index (χ3n) is 3.36. The first kappa shape index (κ1) is 13.5. The zero-order chi connectivity index (χ0) is 13.0. The minimum absolute atomic E-state index is 0.295. The van der Waals surface area contributed by atoms with E-state index in [4.69, 9.17) is 4.42 Å². The van der Waals surface area contributed by atoms with Gasteiger partial charge in [-0.3, -0.25) is 0 Å². The molecule has 0 bridgehead atoms. The molecule has 1 saturated carbocycles. The highest BCUT2D eigenvalue weighted by atomic mass is 32.2. The molecule has 1 aliphatic rings. The largest absolute Gasteiger partial charge is 0.463 e. The fraction of sp³-hybridized carbons (Fsp3) is 0.643. The summed E-state index contributed by atoms with van der Waals surface area (Å²) < 4.78 is 10.2. The maximum Gasteiger partial charge on any atom is 0.373 e. The van der Waals surface area contributed by atoms with Gasteiger partial charge in [-0.05, 0) is 31.9 Å². The summed E-state index contributed by atoms with van der Waals surface area (Å²) in [4.78, 5) is 11.3. The van der Waals surface area contributed by atoms with Crippen LogP contribution in [-0.2, 0) is 4.74 Å². The molecule has 0 radical (unpaired) electrons. The first-order valence-electron chi connectivity index (χ1n) is 6.54. The maximum absolute atomic E-state index is 11.3. The van der Waals surface area contributed by atoms with Crippen molar-refractivity contribution < 1.29 is 13.9 Å².